The summed E-state index contributed by atoms with van der Waals surface area (Å²) in [6.45, 7) is 7.34. The minimum atomic E-state index is -0.774. The first-order valence-electron chi connectivity index (χ1n) is 15.4. The molecule has 1 amide bonds. The van der Waals surface area contributed by atoms with Crippen LogP contribution in [0.3, 0.4) is 0 Å². The van der Waals surface area contributed by atoms with Crippen molar-refractivity contribution in [2.45, 2.75) is 33.4 Å². The van der Waals surface area contributed by atoms with Crippen LogP contribution in [0.5, 0.6) is 11.5 Å². The van der Waals surface area contributed by atoms with Crippen molar-refractivity contribution in [1.29, 1.82) is 5.26 Å². The molecular weight excluding hydrogens is 611 g/mol. The number of benzene rings is 3. The van der Waals surface area contributed by atoms with Crippen molar-refractivity contribution >= 4 is 34.2 Å². The molecule has 1 aliphatic rings. The van der Waals surface area contributed by atoms with Crippen LogP contribution in [0.1, 0.15) is 49.1 Å². The number of hydrogen-bond acceptors (Lipinski definition) is 7. The molecule has 0 unspecified atom stereocenters. The number of thiazole rings is 1. The molecule has 3 aromatic carbocycles. The monoisotopic (exact) mass is 645 g/mol. The molecule has 0 N–H and O–H groups in total. The number of ether oxygens (including phenoxy) is 2. The summed E-state index contributed by atoms with van der Waals surface area (Å²) in [4.78, 5) is 35.6. The molecule has 0 fully saturated rings. The molecule has 1 atom stereocenters. The number of amides is 1. The quantitative estimate of drug-likeness (QED) is 0.225. The lowest BCUT2D eigenvalue weighted by Crippen LogP contribution is -2.43. The summed E-state index contributed by atoms with van der Waals surface area (Å²) in [5.41, 5.74) is 4.98. The Balaban J connectivity index is 1.54. The molecule has 5 aromatic rings. The lowest BCUT2D eigenvalue weighted by molar-refractivity contribution is -0.127. The summed E-state index contributed by atoms with van der Waals surface area (Å²) >= 11 is 1.30. The Bertz CT molecular complexity index is 2250. The van der Waals surface area contributed by atoms with Crippen LogP contribution in [0.4, 0.5) is 0 Å². The van der Waals surface area contributed by atoms with Gasteiger partial charge in [0.2, 0.25) is 0 Å². The molecule has 3 heterocycles. The largest absolute Gasteiger partial charge is 0.497 e. The number of fused-ring (bicyclic) bond motifs is 2. The lowest BCUT2D eigenvalue weighted by atomic mass is 9.93. The second kappa shape index (κ2) is 13.1. The van der Waals surface area contributed by atoms with E-state index < -0.39 is 6.04 Å². The van der Waals surface area contributed by atoms with E-state index >= 15 is 0 Å². The fraction of sp³-hybridized carbons (Fsp3) is 0.243. The molecule has 0 radical (unpaired) electrons. The van der Waals surface area contributed by atoms with Gasteiger partial charge in [-0.2, -0.15) is 5.26 Å². The summed E-state index contributed by atoms with van der Waals surface area (Å²) in [6.07, 6.45) is 3.96. The first kappa shape index (κ1) is 31.6. The molecule has 0 aliphatic carbocycles. The van der Waals surface area contributed by atoms with Crippen LogP contribution in [0.25, 0.3) is 17.0 Å². The van der Waals surface area contributed by atoms with E-state index in [0.29, 0.717) is 62.9 Å². The molecule has 9 nitrogen and oxygen atoms in total. The lowest BCUT2D eigenvalue weighted by Gasteiger charge is -2.30. The van der Waals surface area contributed by atoms with E-state index in [9.17, 15) is 14.9 Å². The van der Waals surface area contributed by atoms with E-state index in [0.717, 1.165) is 22.0 Å². The van der Waals surface area contributed by atoms with Gasteiger partial charge in [-0.25, -0.2) is 4.99 Å². The summed E-state index contributed by atoms with van der Waals surface area (Å²) in [6, 6.07) is 22.4. The number of carbonyl (C=O) groups excluding carboxylic acids is 1. The van der Waals surface area contributed by atoms with Crippen molar-refractivity contribution < 1.29 is 14.3 Å². The smallest absolute Gasteiger partial charge is 0.271 e. The SMILES string of the molecule is CCN(CC)C(=O)C1=C(C)N=c2s/c(=C/c3cn(Cc4ccc(C#N)cc4)c4ccccc34)c(=O)n2[C@@H]1c1cc(OC)ccc1OC. The van der Waals surface area contributed by atoms with Gasteiger partial charge >= 0.3 is 0 Å². The Morgan fingerprint density at radius 2 is 1.81 bits per heavy atom. The van der Waals surface area contributed by atoms with E-state index in [1.807, 2.05) is 81.6 Å². The van der Waals surface area contributed by atoms with Crippen molar-refractivity contribution in [1.82, 2.24) is 14.0 Å². The topological polar surface area (TPSA) is 102 Å². The van der Waals surface area contributed by atoms with Crippen LogP contribution in [-0.4, -0.2) is 47.3 Å². The third kappa shape index (κ3) is 5.75. The first-order chi connectivity index (χ1) is 22.8. The molecule has 0 spiro atoms. The zero-order valence-corrected chi connectivity index (χ0v) is 27.8. The van der Waals surface area contributed by atoms with Crippen LogP contribution >= 0.6 is 11.3 Å². The Morgan fingerprint density at radius 3 is 2.49 bits per heavy atom. The highest BCUT2D eigenvalue weighted by Gasteiger charge is 2.36. The van der Waals surface area contributed by atoms with Gasteiger partial charge < -0.3 is 18.9 Å². The summed E-state index contributed by atoms with van der Waals surface area (Å²) in [5, 5.41) is 10.2. The molecule has 0 saturated carbocycles. The fourth-order valence-corrected chi connectivity index (χ4v) is 7.20. The predicted octanol–water partition coefficient (Wildman–Crippen LogP) is 5.00. The second-order valence-corrected chi connectivity index (χ2v) is 12.2. The van der Waals surface area contributed by atoms with Gasteiger partial charge in [-0.15, -0.1) is 0 Å². The second-order valence-electron chi connectivity index (χ2n) is 11.2. The Kier molecular flexibility index (Phi) is 8.83. The third-order valence-electron chi connectivity index (χ3n) is 8.58. The van der Waals surface area contributed by atoms with Gasteiger partial charge in [0, 0.05) is 47.9 Å². The van der Waals surface area contributed by atoms with Crippen LogP contribution in [0.2, 0.25) is 0 Å². The molecule has 0 bridgehead atoms. The van der Waals surface area contributed by atoms with Gasteiger partial charge in [0.25, 0.3) is 11.5 Å². The van der Waals surface area contributed by atoms with Crippen molar-refractivity contribution in [2.24, 2.45) is 4.99 Å². The van der Waals surface area contributed by atoms with Gasteiger partial charge in [0.1, 0.15) is 17.5 Å². The predicted molar refractivity (Wildman–Crippen MR) is 183 cm³/mol. The zero-order chi connectivity index (χ0) is 33.2. The molecule has 1 aliphatic heterocycles. The third-order valence-corrected chi connectivity index (χ3v) is 9.56. The average molecular weight is 646 g/mol. The fourth-order valence-electron chi connectivity index (χ4n) is 6.17. The molecular formula is C37H35N5O4S. The highest BCUT2D eigenvalue weighted by molar-refractivity contribution is 7.07. The highest BCUT2D eigenvalue weighted by Crippen LogP contribution is 2.38. The van der Waals surface area contributed by atoms with E-state index in [-0.39, 0.29) is 11.5 Å². The molecule has 238 valence electrons. The van der Waals surface area contributed by atoms with Gasteiger partial charge in [-0.05, 0) is 68.8 Å². The average Bonchev–Trinajstić information content (AvgIpc) is 3.60. The number of hydrogen-bond donors (Lipinski definition) is 0. The van der Waals surface area contributed by atoms with Gasteiger partial charge in [0.15, 0.2) is 4.80 Å². The van der Waals surface area contributed by atoms with Gasteiger partial charge in [-0.3, -0.25) is 14.2 Å². The van der Waals surface area contributed by atoms with E-state index in [1.165, 1.54) is 11.3 Å². The molecule has 0 saturated heterocycles. The summed E-state index contributed by atoms with van der Waals surface area (Å²) < 4.78 is 15.6. The number of nitrogens with zero attached hydrogens (tertiary/aromatic N) is 5. The van der Waals surface area contributed by atoms with Gasteiger partial charge in [-0.1, -0.05) is 41.7 Å². The van der Waals surface area contributed by atoms with Crippen molar-refractivity contribution in [3.63, 3.8) is 0 Å². The maximum Gasteiger partial charge on any atom is 0.271 e. The molecule has 2 aromatic heterocycles. The van der Waals surface area contributed by atoms with E-state index in [1.54, 1.807) is 35.8 Å². The standard InChI is InChI=1S/C37H35N5O4S/c1-6-40(7-2)36(44)33-23(3)39-37-42(34(33)29-19-27(45-4)16-17-31(29)46-5)35(43)32(47-37)18-26-22-41(30-11-9-8-10-28(26)30)21-25-14-12-24(20-38)13-15-25/h8-19,22,34H,6-7,21H2,1-5H3/b32-18+/t34-/m1/s1. The summed E-state index contributed by atoms with van der Waals surface area (Å²) in [5.74, 6) is 0.948. The number of methoxy groups -OCH3 is 2. The zero-order valence-electron chi connectivity index (χ0n) is 27.0. The maximum absolute atomic E-state index is 14.5. The number of likely N-dealkylation sites (N-methyl/N-ethyl adjacent to an activating group) is 1. The normalized spacial score (nSPS) is 14.5. The highest BCUT2D eigenvalue weighted by atomic mass is 32.1. The molecule has 10 heteroatoms. The Morgan fingerprint density at radius 1 is 1.06 bits per heavy atom. The Labute approximate surface area is 276 Å². The minimum Gasteiger partial charge on any atom is -0.497 e. The van der Waals surface area contributed by atoms with Crippen molar-refractivity contribution in [3.05, 3.63) is 126 Å². The first-order valence-corrected chi connectivity index (χ1v) is 16.2. The number of carbonyl (C=O) groups is 1. The number of nitriles is 1. The Hall–Kier alpha value is -5.40. The van der Waals surface area contributed by atoms with E-state index in [4.69, 9.17) is 14.5 Å². The molecule has 6 rings (SSSR count). The van der Waals surface area contributed by atoms with E-state index in [2.05, 4.69) is 16.7 Å². The van der Waals surface area contributed by atoms with Gasteiger partial charge in [0.05, 0.1) is 41.7 Å². The van der Waals surface area contributed by atoms with Crippen molar-refractivity contribution in [2.75, 3.05) is 27.3 Å². The van der Waals surface area contributed by atoms with Crippen LogP contribution in [0, 0.1) is 11.3 Å². The minimum absolute atomic E-state index is 0.175. The van der Waals surface area contributed by atoms with Crippen LogP contribution in [0.15, 0.2) is 94.0 Å². The number of para-hydroxylation sites is 1. The summed E-state index contributed by atoms with van der Waals surface area (Å²) in [7, 11) is 3.16. The number of allylic oxidation sites excluding steroid dienone is 1. The number of aromatic nitrogens is 2. The number of rotatable bonds is 9. The van der Waals surface area contributed by atoms with Crippen molar-refractivity contribution in [3.8, 4) is 17.6 Å². The van der Waals surface area contributed by atoms with Crippen LogP contribution < -0.4 is 24.4 Å². The molecule has 47 heavy (non-hydrogen) atoms. The maximum atomic E-state index is 14.5. The van der Waals surface area contributed by atoms with Crippen LogP contribution in [-0.2, 0) is 11.3 Å².